The molecule has 0 aliphatic rings. The highest BCUT2D eigenvalue weighted by atomic mass is 32.2. The molecule has 10 heteroatoms. The van der Waals surface area contributed by atoms with Crippen LogP contribution in [0, 0.1) is 0 Å². The van der Waals surface area contributed by atoms with Crippen LogP contribution in [-0.2, 0) is 10.0 Å². The molecular formula is C18H20F2N2O4S2. The zero-order chi connectivity index (χ0) is 20.9. The average Bonchev–Trinajstić information content (AvgIpc) is 2.61. The van der Waals surface area contributed by atoms with Gasteiger partial charge in [-0.2, -0.15) is 8.78 Å². The maximum Gasteiger partial charge on any atom is 0.288 e. The number of carbonyl (C=O) groups is 1. The second-order valence-corrected chi connectivity index (χ2v) is 8.68. The third-order valence-corrected chi connectivity index (χ3v) is 5.93. The minimum Gasteiger partial charge on any atom is -0.495 e. The summed E-state index contributed by atoms with van der Waals surface area (Å²) in [5.74, 6) is -3.19. The highest BCUT2D eigenvalue weighted by molar-refractivity contribution is 7.99. The number of hydrogen-bond acceptors (Lipinski definition) is 5. The molecule has 0 aromatic heterocycles. The second kappa shape index (κ2) is 9.35. The summed E-state index contributed by atoms with van der Waals surface area (Å²) in [5.41, 5.74) is 0.250. The number of methoxy groups -OCH3 is 1. The fourth-order valence-electron chi connectivity index (χ4n) is 2.36. The van der Waals surface area contributed by atoms with Crippen LogP contribution in [0.5, 0.6) is 5.75 Å². The van der Waals surface area contributed by atoms with Crippen LogP contribution < -0.4 is 14.8 Å². The van der Waals surface area contributed by atoms with E-state index in [1.807, 2.05) is 0 Å². The zero-order valence-corrected chi connectivity index (χ0v) is 17.0. The van der Waals surface area contributed by atoms with E-state index in [1.165, 1.54) is 37.4 Å². The quantitative estimate of drug-likeness (QED) is 0.620. The number of ether oxygens (including phenoxy) is 1. The molecule has 0 saturated carbocycles. The number of thioether (sulfide) groups is 1. The second-order valence-electron chi connectivity index (χ2n) is 5.97. The lowest BCUT2D eigenvalue weighted by atomic mass is 10.2. The van der Waals surface area contributed by atoms with Gasteiger partial charge in [0.25, 0.3) is 11.7 Å². The van der Waals surface area contributed by atoms with Crippen molar-refractivity contribution >= 4 is 33.4 Å². The highest BCUT2D eigenvalue weighted by Crippen LogP contribution is 2.32. The molecule has 152 valence electrons. The molecule has 2 N–H and O–H groups in total. The van der Waals surface area contributed by atoms with E-state index in [0.717, 1.165) is 0 Å². The van der Waals surface area contributed by atoms with E-state index in [2.05, 4.69) is 10.0 Å². The van der Waals surface area contributed by atoms with E-state index in [-0.39, 0.29) is 32.8 Å². The van der Waals surface area contributed by atoms with Crippen LogP contribution in [0.15, 0.2) is 52.3 Å². The van der Waals surface area contributed by atoms with Crippen LogP contribution in [0.3, 0.4) is 0 Å². The Bertz CT molecular complexity index is 950. The fraction of sp³-hybridized carbons (Fsp3) is 0.278. The minimum atomic E-state index is -3.91. The molecule has 6 nitrogen and oxygen atoms in total. The Balaban J connectivity index is 2.36. The Kier molecular flexibility index (Phi) is 7.39. The van der Waals surface area contributed by atoms with Crippen molar-refractivity contribution < 1.29 is 26.7 Å². The van der Waals surface area contributed by atoms with Gasteiger partial charge in [-0.3, -0.25) is 4.79 Å². The monoisotopic (exact) mass is 430 g/mol. The Morgan fingerprint density at radius 3 is 2.43 bits per heavy atom. The van der Waals surface area contributed by atoms with Crippen molar-refractivity contribution in [2.24, 2.45) is 0 Å². The maximum atomic E-state index is 12.7. The van der Waals surface area contributed by atoms with E-state index in [0.29, 0.717) is 11.8 Å². The molecule has 2 aromatic carbocycles. The number of halogens is 2. The molecule has 0 saturated heterocycles. The topological polar surface area (TPSA) is 84.5 Å². The predicted octanol–water partition coefficient (Wildman–Crippen LogP) is 3.95. The van der Waals surface area contributed by atoms with E-state index >= 15 is 0 Å². The number of carbonyl (C=O) groups excluding carboxylic acids is 1. The molecule has 0 unspecified atom stereocenters. The van der Waals surface area contributed by atoms with Gasteiger partial charge in [0.05, 0.1) is 12.8 Å². The molecule has 2 aromatic rings. The van der Waals surface area contributed by atoms with Crippen molar-refractivity contribution in [1.29, 1.82) is 0 Å². The third-order valence-electron chi connectivity index (χ3n) is 3.46. The standard InChI is InChI=1S/C18H20F2N2O4S2/c1-11(2)22-28(24,25)16-10-12(8-9-14(16)26-3)17(23)21-13-6-4-5-7-15(13)27-18(19)20/h4-11,18,22H,1-3H3,(H,21,23). The summed E-state index contributed by atoms with van der Waals surface area (Å²) in [6, 6.07) is 9.71. The number of alkyl halides is 2. The Morgan fingerprint density at radius 2 is 1.82 bits per heavy atom. The number of rotatable bonds is 8. The van der Waals surface area contributed by atoms with Gasteiger partial charge in [-0.25, -0.2) is 13.1 Å². The van der Waals surface area contributed by atoms with Gasteiger partial charge in [0.2, 0.25) is 10.0 Å². The number of nitrogens with one attached hydrogen (secondary N) is 2. The van der Waals surface area contributed by atoms with E-state index in [1.54, 1.807) is 26.0 Å². The predicted molar refractivity (Wildman–Crippen MR) is 105 cm³/mol. The molecule has 0 aliphatic heterocycles. The van der Waals surface area contributed by atoms with Crippen LogP contribution in [0.2, 0.25) is 0 Å². The van der Waals surface area contributed by atoms with Gasteiger partial charge in [0, 0.05) is 16.5 Å². The molecule has 0 spiro atoms. The van der Waals surface area contributed by atoms with E-state index in [9.17, 15) is 22.0 Å². The molecule has 0 atom stereocenters. The number of hydrogen-bond donors (Lipinski definition) is 2. The van der Waals surface area contributed by atoms with Crippen LogP contribution in [0.25, 0.3) is 0 Å². The van der Waals surface area contributed by atoms with Crippen molar-refractivity contribution in [2.45, 2.75) is 35.4 Å². The molecule has 0 bridgehead atoms. The van der Waals surface area contributed by atoms with Crippen molar-refractivity contribution in [3.8, 4) is 5.75 Å². The van der Waals surface area contributed by atoms with Gasteiger partial charge in [-0.05, 0) is 44.2 Å². The highest BCUT2D eigenvalue weighted by Gasteiger charge is 2.23. The normalized spacial score (nSPS) is 11.7. The van der Waals surface area contributed by atoms with Gasteiger partial charge in [0.15, 0.2) is 0 Å². The molecular weight excluding hydrogens is 410 g/mol. The van der Waals surface area contributed by atoms with Gasteiger partial charge in [0.1, 0.15) is 10.6 Å². The van der Waals surface area contributed by atoms with Crippen LogP contribution in [0.1, 0.15) is 24.2 Å². The molecule has 0 heterocycles. The Hall–Kier alpha value is -2.17. The molecule has 28 heavy (non-hydrogen) atoms. The first-order chi connectivity index (χ1) is 13.1. The molecule has 1 amide bonds. The molecule has 0 fully saturated rings. The maximum absolute atomic E-state index is 12.7. The fourth-order valence-corrected chi connectivity index (χ4v) is 4.41. The zero-order valence-electron chi connectivity index (χ0n) is 15.4. The minimum absolute atomic E-state index is 0.0433. The van der Waals surface area contributed by atoms with Crippen LogP contribution >= 0.6 is 11.8 Å². The van der Waals surface area contributed by atoms with Crippen molar-refractivity contribution in [2.75, 3.05) is 12.4 Å². The van der Waals surface area contributed by atoms with Crippen LogP contribution in [0.4, 0.5) is 14.5 Å². The summed E-state index contributed by atoms with van der Waals surface area (Å²) in [5, 5.41) is 2.54. The summed E-state index contributed by atoms with van der Waals surface area (Å²) in [4.78, 5) is 12.6. The number of para-hydroxylation sites is 1. The summed E-state index contributed by atoms with van der Waals surface area (Å²) in [7, 11) is -2.59. The first-order valence-electron chi connectivity index (χ1n) is 8.19. The number of sulfonamides is 1. The molecule has 0 aliphatic carbocycles. The van der Waals surface area contributed by atoms with Crippen molar-refractivity contribution in [3.05, 3.63) is 48.0 Å². The number of amides is 1. The summed E-state index contributed by atoms with van der Waals surface area (Å²) < 4.78 is 58.0. The van der Waals surface area contributed by atoms with Gasteiger partial charge in [-0.15, -0.1) is 0 Å². The molecule has 2 rings (SSSR count). The lowest BCUT2D eigenvalue weighted by Gasteiger charge is -2.15. The smallest absolute Gasteiger partial charge is 0.288 e. The lowest BCUT2D eigenvalue weighted by Crippen LogP contribution is -2.30. The molecule has 0 radical (unpaired) electrons. The number of anilines is 1. The van der Waals surface area contributed by atoms with Crippen LogP contribution in [-0.4, -0.2) is 33.2 Å². The Morgan fingerprint density at radius 1 is 1.14 bits per heavy atom. The average molecular weight is 430 g/mol. The first kappa shape index (κ1) is 22.1. The van der Waals surface area contributed by atoms with Gasteiger partial charge in [-0.1, -0.05) is 23.9 Å². The summed E-state index contributed by atoms with van der Waals surface area (Å²) >= 11 is 0.309. The Labute approximate surface area is 166 Å². The van der Waals surface area contributed by atoms with Crippen molar-refractivity contribution in [1.82, 2.24) is 4.72 Å². The van der Waals surface area contributed by atoms with Crippen molar-refractivity contribution in [3.63, 3.8) is 0 Å². The first-order valence-corrected chi connectivity index (χ1v) is 10.6. The third kappa shape index (κ3) is 5.66. The lowest BCUT2D eigenvalue weighted by molar-refractivity contribution is 0.102. The summed E-state index contributed by atoms with van der Waals surface area (Å²) in [6.45, 7) is 3.33. The number of benzene rings is 2. The SMILES string of the molecule is COc1ccc(C(=O)Nc2ccccc2SC(F)F)cc1S(=O)(=O)NC(C)C. The van der Waals surface area contributed by atoms with Gasteiger partial charge >= 0.3 is 0 Å². The summed E-state index contributed by atoms with van der Waals surface area (Å²) in [6.07, 6.45) is 0. The van der Waals surface area contributed by atoms with Gasteiger partial charge < -0.3 is 10.1 Å². The van der Waals surface area contributed by atoms with E-state index < -0.39 is 21.7 Å². The largest absolute Gasteiger partial charge is 0.495 e. The van der Waals surface area contributed by atoms with E-state index in [4.69, 9.17) is 4.74 Å².